The van der Waals surface area contributed by atoms with E-state index in [0.29, 0.717) is 0 Å². The summed E-state index contributed by atoms with van der Waals surface area (Å²) in [6, 6.07) is 144. The van der Waals surface area contributed by atoms with Crippen LogP contribution in [-0.4, -0.2) is 0 Å². The van der Waals surface area contributed by atoms with Crippen molar-refractivity contribution in [3.05, 3.63) is 412 Å². The van der Waals surface area contributed by atoms with Gasteiger partial charge in [0.05, 0.1) is 17.1 Å². The van der Waals surface area contributed by atoms with E-state index in [4.69, 9.17) is 9.47 Å². The smallest absolute Gasteiger partial charge is 0.137 e. The van der Waals surface area contributed by atoms with E-state index in [1.807, 2.05) is 0 Å². The molecule has 19 aromatic carbocycles. The Morgan fingerprint density at radius 2 is 0.559 bits per heavy atom. The summed E-state index contributed by atoms with van der Waals surface area (Å²) in [5.74, 6) is 3.40. The van der Waals surface area contributed by atoms with Crippen molar-refractivity contribution in [2.24, 2.45) is 0 Å². The molecule has 524 valence electrons. The number of nitrogens with zero attached hydrogens (tertiary/aromatic N) is 4. The second-order valence-corrected chi connectivity index (χ2v) is 29.5. The molecule has 111 heavy (non-hydrogen) atoms. The normalized spacial score (nSPS) is 12.5. The van der Waals surface area contributed by atoms with Gasteiger partial charge in [-0.25, -0.2) is 0 Å². The van der Waals surface area contributed by atoms with Crippen LogP contribution in [0.4, 0.5) is 68.2 Å². The molecule has 0 saturated carbocycles. The molecule has 0 radical (unpaired) electrons. The highest BCUT2D eigenvalue weighted by atomic mass is 16.5. The van der Waals surface area contributed by atoms with Crippen LogP contribution in [0.2, 0.25) is 0 Å². The molecule has 0 spiro atoms. The van der Waals surface area contributed by atoms with Crippen LogP contribution >= 0.6 is 0 Å². The predicted octanol–water partition coefficient (Wildman–Crippen LogP) is 30.0. The Kier molecular flexibility index (Phi) is 15.5. The molecule has 0 aromatic heterocycles. The van der Waals surface area contributed by atoms with Crippen molar-refractivity contribution in [2.75, 3.05) is 19.6 Å². The third kappa shape index (κ3) is 11.0. The van der Waals surface area contributed by atoms with Crippen LogP contribution in [0.3, 0.4) is 0 Å². The van der Waals surface area contributed by atoms with E-state index in [2.05, 4.69) is 434 Å². The summed E-state index contributed by atoms with van der Waals surface area (Å²) < 4.78 is 13.8. The van der Waals surface area contributed by atoms with Crippen LogP contribution in [0.25, 0.3) is 98.0 Å². The van der Waals surface area contributed by atoms with Gasteiger partial charge in [-0.2, -0.15) is 0 Å². The van der Waals surface area contributed by atoms with Crippen LogP contribution < -0.4 is 29.1 Å². The van der Waals surface area contributed by atoms with Gasteiger partial charge in [-0.05, 0) is 211 Å². The van der Waals surface area contributed by atoms with E-state index in [1.54, 1.807) is 0 Å². The lowest BCUT2D eigenvalue weighted by Crippen LogP contribution is -2.16. The number of rotatable bonds is 12. The molecule has 2 heterocycles. The lowest BCUT2D eigenvalue weighted by molar-refractivity contribution is 0.487. The first kappa shape index (κ1) is 64.9. The summed E-state index contributed by atoms with van der Waals surface area (Å²) in [5.41, 5.74) is 22.9. The van der Waals surface area contributed by atoms with Gasteiger partial charge in [-0.3, -0.25) is 0 Å². The molecule has 0 saturated heterocycles. The molecule has 0 unspecified atom stereocenters. The molecule has 2 aliphatic heterocycles. The van der Waals surface area contributed by atoms with Crippen LogP contribution in [0.15, 0.2) is 400 Å². The molecule has 3 aliphatic rings. The van der Waals surface area contributed by atoms with Crippen molar-refractivity contribution in [1.29, 1.82) is 0 Å². The summed E-state index contributed by atoms with van der Waals surface area (Å²) in [6.45, 7) is 4.68. The molecule has 0 N–H and O–H groups in total. The highest BCUT2D eigenvalue weighted by Gasteiger charge is 2.37. The van der Waals surface area contributed by atoms with E-state index in [9.17, 15) is 0 Å². The first-order chi connectivity index (χ1) is 54.8. The maximum Gasteiger partial charge on any atom is 0.137 e. The Morgan fingerprint density at radius 1 is 0.189 bits per heavy atom. The Bertz CT molecular complexity index is 6900. The minimum absolute atomic E-state index is 0.102. The highest BCUT2D eigenvalue weighted by molar-refractivity contribution is 6.18. The molecular formula is C105H72N4O2. The third-order valence-corrected chi connectivity index (χ3v) is 22.8. The van der Waals surface area contributed by atoms with Gasteiger partial charge in [0.1, 0.15) is 23.0 Å². The van der Waals surface area contributed by atoms with E-state index in [-0.39, 0.29) is 5.41 Å². The highest BCUT2D eigenvalue weighted by Crippen LogP contribution is 2.57. The molecular weight excluding hydrogens is 1350 g/mol. The summed E-state index contributed by atoms with van der Waals surface area (Å²) in [7, 11) is 0. The molecule has 0 bridgehead atoms. The van der Waals surface area contributed by atoms with Gasteiger partial charge < -0.3 is 29.1 Å². The lowest BCUT2D eigenvalue weighted by Gasteiger charge is -2.31. The fraction of sp³-hybridized carbons (Fsp3) is 0.0286. The van der Waals surface area contributed by atoms with Crippen LogP contribution in [0.5, 0.6) is 23.0 Å². The zero-order chi connectivity index (χ0) is 73.7. The minimum atomic E-state index is -0.102. The van der Waals surface area contributed by atoms with Gasteiger partial charge in [-0.15, -0.1) is 0 Å². The molecule has 0 fully saturated rings. The van der Waals surface area contributed by atoms with E-state index < -0.39 is 0 Å². The summed E-state index contributed by atoms with van der Waals surface area (Å²) >= 11 is 0. The minimum Gasteiger partial charge on any atom is -0.456 e. The first-order valence-corrected chi connectivity index (χ1v) is 38.1. The lowest BCUT2D eigenvalue weighted by atomic mass is 9.82. The summed E-state index contributed by atoms with van der Waals surface area (Å²) in [4.78, 5) is 9.43. The number of para-hydroxylation sites is 4. The van der Waals surface area contributed by atoms with Crippen LogP contribution in [-0.2, 0) is 5.41 Å². The van der Waals surface area contributed by atoms with Crippen LogP contribution in [0, 0.1) is 0 Å². The quantitative estimate of drug-likeness (QED) is 0.113. The Labute approximate surface area is 645 Å². The Hall–Kier alpha value is -14.5. The van der Waals surface area contributed by atoms with Crippen molar-refractivity contribution in [1.82, 2.24) is 0 Å². The van der Waals surface area contributed by atoms with Gasteiger partial charge in [0.2, 0.25) is 0 Å². The maximum absolute atomic E-state index is 6.92. The predicted molar refractivity (Wildman–Crippen MR) is 465 cm³/mol. The second kappa shape index (κ2) is 26.5. The van der Waals surface area contributed by atoms with Gasteiger partial charge in [0, 0.05) is 107 Å². The largest absolute Gasteiger partial charge is 0.456 e. The molecule has 0 atom stereocenters. The second-order valence-electron chi connectivity index (χ2n) is 29.5. The fourth-order valence-electron chi connectivity index (χ4n) is 17.6. The standard InChI is InChI=1S/C53H38N2O.C52H34N2O/c1-53(2)47-22-12-11-20-42(47)43-28-26-40(33-48(43)53)54(37-16-5-3-6-17-37)41-27-29-44-45-30-31-49(46-21-13-23-50(52(45)46)56-51(44)34-41)55(38-18-7-4-8-19-38)39-25-24-35-14-9-10-15-36(35)32-39;1-3-17-38(18-4-1)53(40-27-26-35-14-7-8-15-36(35)32-40)41-28-29-45-46-30-31-48(47-24-13-25-50(52(46)47)55-51(45)34-41)54(39-19-5-2-6-20-39)49-33-37-16-9-10-21-42(37)43-22-11-12-23-44(43)49/h3-34H,1-2H3;1-34H. The number of hydrogen-bond donors (Lipinski definition) is 0. The molecule has 0 amide bonds. The van der Waals surface area contributed by atoms with Gasteiger partial charge >= 0.3 is 0 Å². The van der Waals surface area contributed by atoms with Crippen molar-refractivity contribution >= 4 is 133 Å². The van der Waals surface area contributed by atoms with Gasteiger partial charge in [-0.1, -0.05) is 263 Å². The topological polar surface area (TPSA) is 31.4 Å². The van der Waals surface area contributed by atoms with Gasteiger partial charge in [0.25, 0.3) is 0 Å². The zero-order valence-corrected chi connectivity index (χ0v) is 61.2. The zero-order valence-electron chi connectivity index (χ0n) is 61.2. The number of hydrogen-bond acceptors (Lipinski definition) is 6. The SMILES string of the molecule is CC1(C)c2ccccc2-c2ccc(N(c3ccccc3)c3ccc4c(c3)Oc3cccc5c(N(c6ccccc6)c6ccc7ccccc7c6)ccc-4c35)cc21.c1ccc(N(c2ccc3c(c2)Oc2cccc4c(N(c5ccccc5)c5cc6ccccc6c6ccccc56)ccc-3c24)c2ccc3ccccc3c2)cc1. The number of ether oxygens (including phenoxy) is 2. The van der Waals surface area contributed by atoms with Crippen molar-refractivity contribution in [2.45, 2.75) is 19.3 Å². The summed E-state index contributed by atoms with van der Waals surface area (Å²) in [5, 5.41) is 14.3. The number of benzene rings is 19. The molecule has 1 aliphatic carbocycles. The van der Waals surface area contributed by atoms with Crippen LogP contribution in [0.1, 0.15) is 25.0 Å². The van der Waals surface area contributed by atoms with E-state index in [1.165, 1.54) is 70.9 Å². The van der Waals surface area contributed by atoms with E-state index in [0.717, 1.165) is 129 Å². The number of fused-ring (bicyclic) bond motifs is 12. The van der Waals surface area contributed by atoms with Gasteiger partial charge in [0.15, 0.2) is 0 Å². The van der Waals surface area contributed by atoms with Crippen molar-refractivity contribution in [3.63, 3.8) is 0 Å². The van der Waals surface area contributed by atoms with E-state index >= 15 is 0 Å². The number of anilines is 12. The summed E-state index contributed by atoms with van der Waals surface area (Å²) in [6.07, 6.45) is 0. The molecule has 19 aromatic rings. The average Bonchev–Trinajstić information content (AvgIpc) is 1.72. The first-order valence-electron chi connectivity index (χ1n) is 38.1. The Balaban J connectivity index is 0.000000141. The molecule has 6 heteroatoms. The fourth-order valence-corrected chi connectivity index (χ4v) is 17.6. The van der Waals surface area contributed by atoms with Crippen molar-refractivity contribution in [3.8, 4) is 56.4 Å². The average molecular weight is 1420 g/mol. The molecule has 22 rings (SSSR count). The Morgan fingerprint density at radius 3 is 1.10 bits per heavy atom. The monoisotopic (exact) mass is 1420 g/mol. The van der Waals surface area contributed by atoms with Crippen molar-refractivity contribution < 1.29 is 9.47 Å². The molecule has 6 nitrogen and oxygen atoms in total. The third-order valence-electron chi connectivity index (χ3n) is 22.8. The maximum atomic E-state index is 6.92.